The minimum absolute atomic E-state index is 0.407. The van der Waals surface area contributed by atoms with Gasteiger partial charge in [-0.2, -0.15) is 0 Å². The smallest absolute Gasteiger partial charge is 0.0678 e. The number of nitrogens with zero attached hydrogens (tertiary/aromatic N) is 2. The Hall–Kier alpha value is -0.120. The van der Waals surface area contributed by atoms with Gasteiger partial charge in [-0.05, 0) is 51.6 Å². The highest BCUT2D eigenvalue weighted by atomic mass is 16.5. The maximum absolute atomic E-state index is 5.83. The van der Waals surface area contributed by atoms with Crippen molar-refractivity contribution in [1.82, 2.24) is 9.80 Å². The van der Waals surface area contributed by atoms with Gasteiger partial charge in [-0.1, -0.05) is 20.3 Å². The van der Waals surface area contributed by atoms with E-state index in [0.717, 1.165) is 24.9 Å². The normalized spacial score (nSPS) is 32.4. The van der Waals surface area contributed by atoms with Gasteiger partial charge in [-0.15, -0.1) is 0 Å². The van der Waals surface area contributed by atoms with Gasteiger partial charge < -0.3 is 9.64 Å². The van der Waals surface area contributed by atoms with E-state index in [1.165, 1.54) is 45.4 Å². The first-order chi connectivity index (χ1) is 9.56. The first-order valence-corrected chi connectivity index (χ1v) is 8.67. The van der Waals surface area contributed by atoms with E-state index in [0.29, 0.717) is 12.2 Å². The maximum Gasteiger partial charge on any atom is 0.0678 e. The Kier molecular flexibility index (Phi) is 6.31. The summed E-state index contributed by atoms with van der Waals surface area (Å²) in [5.41, 5.74) is 0. The van der Waals surface area contributed by atoms with Crippen molar-refractivity contribution in [2.24, 2.45) is 11.8 Å². The van der Waals surface area contributed by atoms with Gasteiger partial charge in [0.25, 0.3) is 0 Å². The van der Waals surface area contributed by atoms with Gasteiger partial charge in [0.05, 0.1) is 12.2 Å². The van der Waals surface area contributed by atoms with Crippen molar-refractivity contribution in [3.8, 4) is 0 Å². The molecule has 2 aliphatic rings. The molecule has 2 saturated heterocycles. The molecule has 2 aliphatic heterocycles. The Labute approximate surface area is 125 Å². The van der Waals surface area contributed by atoms with Crippen molar-refractivity contribution in [3.05, 3.63) is 0 Å². The third kappa shape index (κ3) is 5.01. The number of ether oxygens (including phenoxy) is 1. The highest BCUT2D eigenvalue weighted by Crippen LogP contribution is 2.21. The fourth-order valence-electron chi connectivity index (χ4n) is 3.72. The van der Waals surface area contributed by atoms with Gasteiger partial charge in [-0.25, -0.2) is 0 Å². The molecule has 3 nitrogen and oxygen atoms in total. The molecule has 0 unspecified atom stereocenters. The van der Waals surface area contributed by atoms with Crippen LogP contribution in [0.5, 0.6) is 0 Å². The van der Waals surface area contributed by atoms with Crippen LogP contribution in [0.4, 0.5) is 0 Å². The second kappa shape index (κ2) is 7.77. The van der Waals surface area contributed by atoms with E-state index >= 15 is 0 Å². The number of piperidine rings is 1. The molecule has 3 atom stereocenters. The van der Waals surface area contributed by atoms with E-state index < -0.39 is 0 Å². The molecule has 0 aromatic heterocycles. The average Bonchev–Trinajstić information content (AvgIpc) is 2.39. The summed E-state index contributed by atoms with van der Waals surface area (Å²) in [7, 11) is 0. The molecule has 118 valence electrons. The summed E-state index contributed by atoms with van der Waals surface area (Å²) >= 11 is 0. The fraction of sp³-hybridized carbons (Fsp3) is 1.00. The Bertz CT molecular complexity index is 266. The SMILES string of the molecule is CC[C@H](C)CN1CCC(CN2C[C@H](C)O[C@@H](C)C2)CC1. The monoisotopic (exact) mass is 282 g/mol. The molecule has 0 amide bonds. The fourth-order valence-corrected chi connectivity index (χ4v) is 3.72. The second-order valence-electron chi connectivity index (χ2n) is 7.23. The van der Waals surface area contributed by atoms with Crippen molar-refractivity contribution in [2.45, 2.75) is 59.2 Å². The summed E-state index contributed by atoms with van der Waals surface area (Å²) < 4.78 is 5.83. The summed E-state index contributed by atoms with van der Waals surface area (Å²) in [5.74, 6) is 1.76. The van der Waals surface area contributed by atoms with Crippen LogP contribution in [0, 0.1) is 11.8 Å². The van der Waals surface area contributed by atoms with Crippen LogP contribution in [-0.4, -0.2) is 61.3 Å². The van der Waals surface area contributed by atoms with Crippen LogP contribution >= 0.6 is 0 Å². The minimum atomic E-state index is 0.407. The lowest BCUT2D eigenvalue weighted by atomic mass is 9.94. The summed E-state index contributed by atoms with van der Waals surface area (Å²) in [6.45, 7) is 16.5. The molecule has 3 heteroatoms. The van der Waals surface area contributed by atoms with E-state index in [1.54, 1.807) is 0 Å². The lowest BCUT2D eigenvalue weighted by molar-refractivity contribution is -0.0732. The molecule has 0 aromatic rings. The lowest BCUT2D eigenvalue weighted by Gasteiger charge is -2.39. The van der Waals surface area contributed by atoms with E-state index in [2.05, 4.69) is 37.5 Å². The van der Waals surface area contributed by atoms with Crippen LogP contribution in [0.3, 0.4) is 0 Å². The molecule has 0 aromatic carbocycles. The van der Waals surface area contributed by atoms with Gasteiger partial charge in [0.2, 0.25) is 0 Å². The van der Waals surface area contributed by atoms with Gasteiger partial charge >= 0.3 is 0 Å². The Morgan fingerprint density at radius 1 is 1.05 bits per heavy atom. The molecule has 2 rings (SSSR count). The van der Waals surface area contributed by atoms with Crippen molar-refractivity contribution < 1.29 is 4.74 Å². The van der Waals surface area contributed by atoms with E-state index in [-0.39, 0.29) is 0 Å². The maximum atomic E-state index is 5.83. The summed E-state index contributed by atoms with van der Waals surface area (Å²) in [5, 5.41) is 0. The Morgan fingerprint density at radius 3 is 2.20 bits per heavy atom. The average molecular weight is 282 g/mol. The molecule has 2 heterocycles. The van der Waals surface area contributed by atoms with Gasteiger partial charge in [0, 0.05) is 26.2 Å². The number of hydrogen-bond donors (Lipinski definition) is 0. The number of hydrogen-bond acceptors (Lipinski definition) is 3. The van der Waals surface area contributed by atoms with Crippen molar-refractivity contribution in [3.63, 3.8) is 0 Å². The predicted octanol–water partition coefficient (Wildman–Crippen LogP) is 2.85. The van der Waals surface area contributed by atoms with E-state index in [1.807, 2.05) is 0 Å². The third-order valence-corrected chi connectivity index (χ3v) is 4.99. The van der Waals surface area contributed by atoms with Crippen LogP contribution in [0.25, 0.3) is 0 Å². The molecule has 0 radical (unpaired) electrons. The van der Waals surface area contributed by atoms with Gasteiger partial charge in [0.1, 0.15) is 0 Å². The molecule has 20 heavy (non-hydrogen) atoms. The molecule has 0 bridgehead atoms. The molecular weight excluding hydrogens is 248 g/mol. The predicted molar refractivity (Wildman–Crippen MR) is 85.1 cm³/mol. The quantitative estimate of drug-likeness (QED) is 0.771. The highest BCUT2D eigenvalue weighted by Gasteiger charge is 2.26. The van der Waals surface area contributed by atoms with Crippen molar-refractivity contribution in [1.29, 1.82) is 0 Å². The van der Waals surface area contributed by atoms with Crippen LogP contribution in [0.1, 0.15) is 47.0 Å². The lowest BCUT2D eigenvalue weighted by Crippen LogP contribution is -2.48. The van der Waals surface area contributed by atoms with E-state index in [9.17, 15) is 0 Å². The molecule has 0 N–H and O–H groups in total. The third-order valence-electron chi connectivity index (χ3n) is 4.99. The summed E-state index contributed by atoms with van der Waals surface area (Å²) in [6, 6.07) is 0. The molecule has 0 saturated carbocycles. The summed E-state index contributed by atoms with van der Waals surface area (Å²) in [4.78, 5) is 5.31. The number of morpholine rings is 1. The van der Waals surface area contributed by atoms with Crippen LogP contribution in [0.15, 0.2) is 0 Å². The first kappa shape index (κ1) is 16.3. The topological polar surface area (TPSA) is 15.7 Å². The minimum Gasteiger partial charge on any atom is -0.373 e. The van der Waals surface area contributed by atoms with Gasteiger partial charge in [0.15, 0.2) is 0 Å². The zero-order chi connectivity index (χ0) is 14.5. The number of rotatable bonds is 5. The molecular formula is C17H34N2O. The van der Waals surface area contributed by atoms with E-state index in [4.69, 9.17) is 4.74 Å². The van der Waals surface area contributed by atoms with Crippen molar-refractivity contribution in [2.75, 3.05) is 39.3 Å². The Balaban J connectivity index is 1.69. The molecule has 0 spiro atoms. The number of likely N-dealkylation sites (tertiary alicyclic amines) is 1. The highest BCUT2D eigenvalue weighted by molar-refractivity contribution is 4.79. The standard InChI is InChI=1S/C17H34N2O/c1-5-14(2)10-18-8-6-17(7-9-18)13-19-11-15(3)20-16(4)12-19/h14-17H,5-13H2,1-4H3/t14-,15-,16-/m0/s1. The second-order valence-corrected chi connectivity index (χ2v) is 7.23. The zero-order valence-corrected chi connectivity index (χ0v) is 14.0. The van der Waals surface area contributed by atoms with Crippen LogP contribution in [0.2, 0.25) is 0 Å². The first-order valence-electron chi connectivity index (χ1n) is 8.67. The molecule has 0 aliphatic carbocycles. The largest absolute Gasteiger partial charge is 0.373 e. The van der Waals surface area contributed by atoms with Crippen molar-refractivity contribution >= 4 is 0 Å². The van der Waals surface area contributed by atoms with Crippen LogP contribution in [-0.2, 0) is 4.74 Å². The molecule has 2 fully saturated rings. The van der Waals surface area contributed by atoms with Crippen LogP contribution < -0.4 is 0 Å². The summed E-state index contributed by atoms with van der Waals surface area (Å²) in [6.07, 6.45) is 4.89. The Morgan fingerprint density at radius 2 is 1.65 bits per heavy atom. The zero-order valence-electron chi connectivity index (χ0n) is 14.0. The van der Waals surface area contributed by atoms with Gasteiger partial charge in [-0.3, -0.25) is 4.90 Å².